The van der Waals surface area contributed by atoms with E-state index in [0.717, 1.165) is 11.5 Å². The number of rotatable bonds is 2. The summed E-state index contributed by atoms with van der Waals surface area (Å²) in [6, 6.07) is 0. The Bertz CT molecular complexity index is 447. The van der Waals surface area contributed by atoms with Crippen molar-refractivity contribution in [2.45, 2.75) is 19.1 Å². The van der Waals surface area contributed by atoms with Crippen LogP contribution < -0.4 is 5.73 Å². The van der Waals surface area contributed by atoms with Crippen LogP contribution in [0.5, 0.6) is 0 Å². The Morgan fingerprint density at radius 2 is 2.14 bits per heavy atom. The van der Waals surface area contributed by atoms with Crippen molar-refractivity contribution in [3.05, 3.63) is 11.1 Å². The lowest BCUT2D eigenvalue weighted by Gasteiger charge is -2.04. The second kappa shape index (κ2) is 3.66. The molecule has 0 atom stereocenters. The summed E-state index contributed by atoms with van der Waals surface area (Å²) in [5, 5.41) is -1.68. The molecular weight excluding hydrogens is 224 g/mol. The van der Waals surface area contributed by atoms with E-state index in [0.29, 0.717) is 0 Å². The maximum absolute atomic E-state index is 11.5. The van der Waals surface area contributed by atoms with Gasteiger partial charge in [-0.15, -0.1) is 0 Å². The molecule has 1 rings (SSSR count). The van der Waals surface area contributed by atoms with Gasteiger partial charge < -0.3 is 5.73 Å². The molecule has 0 spiro atoms. The van der Waals surface area contributed by atoms with Gasteiger partial charge in [-0.1, -0.05) is 0 Å². The summed E-state index contributed by atoms with van der Waals surface area (Å²) in [4.78, 5) is 11.5. The molecule has 0 unspecified atom stereocenters. The van der Waals surface area contributed by atoms with Gasteiger partial charge in [0, 0.05) is 0 Å². The molecule has 5 nitrogen and oxygen atoms in total. The number of hydrogen-bond donors (Lipinski definition) is 1. The number of carbonyl (C=O) groups is 1. The molecule has 0 aliphatic rings. The van der Waals surface area contributed by atoms with Crippen molar-refractivity contribution < 1.29 is 13.2 Å². The highest BCUT2D eigenvalue weighted by molar-refractivity contribution is 8.07. The van der Waals surface area contributed by atoms with E-state index in [4.69, 9.17) is 5.73 Å². The third-order valence-corrected chi connectivity index (χ3v) is 4.57. The summed E-state index contributed by atoms with van der Waals surface area (Å²) in [5.74, 6) is 0. The van der Waals surface area contributed by atoms with Crippen LogP contribution in [0.3, 0.4) is 0 Å². The van der Waals surface area contributed by atoms with Gasteiger partial charge in [-0.25, -0.2) is 8.42 Å². The van der Waals surface area contributed by atoms with E-state index >= 15 is 0 Å². The van der Waals surface area contributed by atoms with Crippen molar-refractivity contribution in [3.8, 4) is 0 Å². The fourth-order valence-corrected chi connectivity index (χ4v) is 2.51. The Balaban J connectivity index is 3.16. The number of hydrogen-bond acceptors (Lipinski definition) is 6. The highest BCUT2D eigenvalue weighted by Gasteiger charge is 2.30. The van der Waals surface area contributed by atoms with Crippen LogP contribution in [0.4, 0.5) is 5.69 Å². The summed E-state index contributed by atoms with van der Waals surface area (Å²) in [6.45, 7) is 2.90. The Morgan fingerprint density at radius 1 is 1.57 bits per heavy atom. The molecule has 0 fully saturated rings. The van der Waals surface area contributed by atoms with Crippen molar-refractivity contribution in [2.75, 3.05) is 5.73 Å². The summed E-state index contributed by atoms with van der Waals surface area (Å²) in [7, 11) is -3.77. The van der Waals surface area contributed by atoms with Crippen molar-refractivity contribution >= 4 is 32.2 Å². The Kier molecular flexibility index (Phi) is 2.91. The van der Waals surface area contributed by atoms with Crippen molar-refractivity contribution in [1.29, 1.82) is 0 Å². The summed E-state index contributed by atoms with van der Waals surface area (Å²) < 4.78 is 26.6. The summed E-state index contributed by atoms with van der Waals surface area (Å²) in [6.07, 6.45) is 1.27. The fraction of sp³-hybridized carbons (Fsp3) is 0.429. The van der Waals surface area contributed by atoms with Crippen LogP contribution >= 0.6 is 11.5 Å². The zero-order chi connectivity index (χ0) is 10.9. The Labute approximate surface area is 86.0 Å². The van der Waals surface area contributed by atoms with Crippen LogP contribution in [-0.2, 0) is 9.84 Å². The fourth-order valence-electron chi connectivity index (χ4n) is 0.746. The van der Waals surface area contributed by atoms with Gasteiger partial charge in [-0.2, -0.15) is 4.37 Å². The second-order valence-electron chi connectivity index (χ2n) is 2.99. The molecule has 0 saturated heterocycles. The molecule has 0 saturated carbocycles. The van der Waals surface area contributed by atoms with Gasteiger partial charge in [-0.3, -0.25) is 4.79 Å². The van der Waals surface area contributed by atoms with Gasteiger partial charge in [-0.05, 0) is 25.4 Å². The van der Waals surface area contributed by atoms with Crippen molar-refractivity contribution in [2.24, 2.45) is 0 Å². The first-order valence-corrected chi connectivity index (χ1v) is 6.17. The summed E-state index contributed by atoms with van der Waals surface area (Å²) in [5.41, 5.74) is 5.52. The topological polar surface area (TPSA) is 90.1 Å². The lowest BCUT2D eigenvalue weighted by molar-refractivity contribution is 0.108. The molecule has 7 heteroatoms. The molecule has 1 aromatic rings. The quantitative estimate of drug-likeness (QED) is 0.813. The molecule has 0 bridgehead atoms. The number of nitrogens with two attached hydrogens (primary N) is 1. The van der Waals surface area contributed by atoms with Gasteiger partial charge in [0.1, 0.15) is 4.88 Å². The smallest absolute Gasteiger partial charge is 0.290 e. The molecule has 14 heavy (non-hydrogen) atoms. The highest BCUT2D eigenvalue weighted by atomic mass is 32.2. The van der Waals surface area contributed by atoms with E-state index in [1.165, 1.54) is 20.0 Å². The second-order valence-corrected chi connectivity index (χ2v) is 6.20. The lowest BCUT2D eigenvalue weighted by atomic mass is 10.4. The largest absolute Gasteiger partial charge is 0.396 e. The zero-order valence-corrected chi connectivity index (χ0v) is 9.35. The molecular formula is C7H10N2O3S2. The van der Waals surface area contributed by atoms with Crippen LogP contribution in [0.15, 0.2) is 6.20 Å². The predicted octanol–water partition coefficient (Wildman–Crippen LogP) is 0.689. The standard InChI is InChI=1S/C7H10N2O3S2/c1-4(2)14(11,12)7(10)6-5(8)3-9-13-6/h3-4H,8H2,1-2H3. The first-order chi connectivity index (χ1) is 6.37. The van der Waals surface area contributed by atoms with E-state index < -0.39 is 20.2 Å². The van der Waals surface area contributed by atoms with Gasteiger partial charge in [0.15, 0.2) is 0 Å². The lowest BCUT2D eigenvalue weighted by Crippen LogP contribution is -2.23. The van der Waals surface area contributed by atoms with Gasteiger partial charge in [0.2, 0.25) is 9.84 Å². The first kappa shape index (κ1) is 11.1. The third-order valence-electron chi connectivity index (χ3n) is 1.66. The number of anilines is 1. The van der Waals surface area contributed by atoms with Crippen LogP contribution in [0, 0.1) is 0 Å². The molecule has 0 aliphatic carbocycles. The van der Waals surface area contributed by atoms with E-state index in [9.17, 15) is 13.2 Å². The SMILES string of the molecule is CC(C)S(=O)(=O)C(=O)c1sncc1N. The molecule has 0 amide bonds. The van der Waals surface area contributed by atoms with E-state index in [1.54, 1.807) is 0 Å². The minimum Gasteiger partial charge on any atom is -0.396 e. The molecule has 2 N–H and O–H groups in total. The molecule has 0 aliphatic heterocycles. The van der Waals surface area contributed by atoms with Crippen LogP contribution in [0.2, 0.25) is 0 Å². The maximum Gasteiger partial charge on any atom is 0.290 e. The molecule has 0 radical (unpaired) electrons. The van der Waals surface area contributed by atoms with Crippen LogP contribution in [-0.4, -0.2) is 23.2 Å². The number of sulfone groups is 1. The minimum absolute atomic E-state index is 0.00120. The van der Waals surface area contributed by atoms with Crippen LogP contribution in [0.1, 0.15) is 23.5 Å². The van der Waals surface area contributed by atoms with Crippen molar-refractivity contribution in [1.82, 2.24) is 4.37 Å². The molecule has 0 aromatic carbocycles. The zero-order valence-electron chi connectivity index (χ0n) is 7.72. The average molecular weight is 234 g/mol. The molecule has 1 heterocycles. The third kappa shape index (κ3) is 1.78. The Hall–Kier alpha value is -0.950. The normalized spacial score (nSPS) is 11.9. The predicted molar refractivity (Wildman–Crippen MR) is 54.9 cm³/mol. The van der Waals surface area contributed by atoms with E-state index in [1.807, 2.05) is 0 Å². The Morgan fingerprint density at radius 3 is 2.50 bits per heavy atom. The van der Waals surface area contributed by atoms with Gasteiger partial charge in [0.25, 0.3) is 5.12 Å². The first-order valence-electron chi connectivity index (χ1n) is 3.85. The number of aromatic nitrogens is 1. The van der Waals surface area contributed by atoms with Crippen molar-refractivity contribution in [3.63, 3.8) is 0 Å². The molecule has 78 valence electrons. The number of carbonyl (C=O) groups excluding carboxylic acids is 1. The highest BCUT2D eigenvalue weighted by Crippen LogP contribution is 2.20. The summed E-state index contributed by atoms with van der Waals surface area (Å²) >= 11 is 0.798. The maximum atomic E-state index is 11.5. The van der Waals surface area contributed by atoms with Gasteiger partial charge >= 0.3 is 0 Å². The minimum atomic E-state index is -3.77. The monoisotopic (exact) mass is 234 g/mol. The van der Waals surface area contributed by atoms with E-state index in [2.05, 4.69) is 4.37 Å². The number of nitrogens with zero attached hydrogens (tertiary/aromatic N) is 1. The number of nitrogen functional groups attached to an aromatic ring is 1. The van der Waals surface area contributed by atoms with Crippen LogP contribution in [0.25, 0.3) is 0 Å². The molecule has 1 aromatic heterocycles. The van der Waals surface area contributed by atoms with Gasteiger partial charge in [0.05, 0.1) is 17.1 Å². The van der Waals surface area contributed by atoms with E-state index in [-0.39, 0.29) is 10.6 Å². The average Bonchev–Trinajstić information content (AvgIpc) is 2.49.